The smallest absolute Gasteiger partial charge is 0.0540 e. The van der Waals surface area contributed by atoms with Crippen LogP contribution in [0.2, 0.25) is 0 Å². The Hall–Kier alpha value is -11.7. The van der Waals surface area contributed by atoms with Crippen molar-refractivity contribution in [3.8, 4) is 22.7 Å². The van der Waals surface area contributed by atoms with Gasteiger partial charge in [-0.05, 0) is 186 Å². The molecule has 412 valence electrons. The highest BCUT2D eigenvalue weighted by molar-refractivity contribution is 6.00. The summed E-state index contributed by atoms with van der Waals surface area (Å²) in [6, 6.07) is 125. The number of fused-ring (bicyclic) bond motifs is 4. The Bertz CT molecular complexity index is 5140. The fourth-order valence-electron chi connectivity index (χ4n) is 13.5. The zero-order chi connectivity index (χ0) is 58.1. The first-order chi connectivity index (χ1) is 43.6. The van der Waals surface area contributed by atoms with Crippen LogP contribution < -0.4 is 0 Å². The van der Waals surface area contributed by atoms with Crippen molar-refractivity contribution >= 4 is 130 Å². The van der Waals surface area contributed by atoms with E-state index in [1.165, 1.54) is 43.1 Å². The standard InChI is InChI=1S/C84H56N4/c1-5-21-77-63(13-1)17-9-25-81(77)85-69-41-29-57(30-42-69)58-31-43-71(44-32-58)87(83-27-11-19-65-15-3-7-23-79(65)83)75-51-39-62-40-52-76(56-68(62)55-75)88(84-28-12-20-66-16-4-8-24-80(66)84)72-47-35-60(36-48-72)59-33-45-70(46-34-59)86(82-26-10-18-64-14-2-6-22-78(64)82)74-50-38-61-37-49-73(85)53-67(61)54-74/h1-56H. The lowest BCUT2D eigenvalue weighted by Gasteiger charge is -2.16. The maximum absolute atomic E-state index is 2.42. The van der Waals surface area contributed by atoms with E-state index in [1.807, 2.05) is 0 Å². The van der Waals surface area contributed by atoms with Gasteiger partial charge in [0.25, 0.3) is 0 Å². The second kappa shape index (κ2) is 21.1. The Balaban J connectivity index is 0.982. The number of nitrogens with zero attached hydrogens (tertiary/aromatic N) is 4. The lowest BCUT2D eigenvalue weighted by molar-refractivity contribution is 1.17. The van der Waals surface area contributed by atoms with Crippen molar-refractivity contribution in [2.24, 2.45) is 0 Å². The predicted molar refractivity (Wildman–Crippen MR) is 376 cm³/mol. The summed E-state index contributed by atoms with van der Waals surface area (Å²) in [6.07, 6.45) is 0. The van der Waals surface area contributed by atoms with Crippen LogP contribution in [-0.4, -0.2) is 18.3 Å². The highest BCUT2D eigenvalue weighted by atomic mass is 15.0. The summed E-state index contributed by atoms with van der Waals surface area (Å²) in [5.41, 5.74) is 13.0. The summed E-state index contributed by atoms with van der Waals surface area (Å²) in [5, 5.41) is 18.7. The van der Waals surface area contributed by atoms with Crippen molar-refractivity contribution in [1.82, 2.24) is 18.3 Å². The molecule has 0 saturated carbocycles. The van der Waals surface area contributed by atoms with Gasteiger partial charge in [0, 0.05) is 65.7 Å². The largest absolute Gasteiger partial charge is 0.310 e. The number of rotatable bonds is 4. The van der Waals surface area contributed by atoms with E-state index in [2.05, 4.69) is 358 Å². The van der Waals surface area contributed by atoms with E-state index in [0.717, 1.165) is 110 Å². The maximum atomic E-state index is 2.42. The molecule has 4 nitrogen and oxygen atoms in total. The van der Waals surface area contributed by atoms with E-state index in [1.54, 1.807) is 0 Å². The van der Waals surface area contributed by atoms with E-state index in [0.29, 0.717) is 0 Å². The van der Waals surface area contributed by atoms with Gasteiger partial charge in [-0.3, -0.25) is 0 Å². The molecule has 0 aliphatic carbocycles. The Kier molecular flexibility index (Phi) is 12.2. The minimum Gasteiger partial charge on any atom is -0.310 e. The molecule has 0 fully saturated rings. The molecule has 88 heavy (non-hydrogen) atoms. The fourth-order valence-corrected chi connectivity index (χ4v) is 13.5. The molecule has 0 aliphatic heterocycles. The van der Waals surface area contributed by atoms with Gasteiger partial charge in [0.05, 0.1) is 22.7 Å². The summed E-state index contributed by atoms with van der Waals surface area (Å²) < 4.78 is 9.68. The summed E-state index contributed by atoms with van der Waals surface area (Å²) in [5.74, 6) is 0. The molecular formula is C84H56N4. The molecule has 16 aromatic carbocycles. The summed E-state index contributed by atoms with van der Waals surface area (Å²) in [4.78, 5) is 0. The lowest BCUT2D eigenvalue weighted by atomic mass is 10.1. The number of hydrogen-bond donors (Lipinski definition) is 0. The van der Waals surface area contributed by atoms with Gasteiger partial charge in [0.1, 0.15) is 0 Å². The van der Waals surface area contributed by atoms with Crippen LogP contribution >= 0.6 is 0 Å². The molecule has 4 heteroatoms. The molecule has 0 saturated heterocycles. The van der Waals surface area contributed by atoms with Gasteiger partial charge in [-0.2, -0.15) is 0 Å². The minimum atomic E-state index is 1.07. The average molecular weight is 1120 g/mol. The number of aromatic nitrogens is 4. The van der Waals surface area contributed by atoms with Crippen LogP contribution in [0.5, 0.6) is 0 Å². The minimum absolute atomic E-state index is 1.07. The predicted octanol–water partition coefficient (Wildman–Crippen LogP) is 22.6. The van der Waals surface area contributed by atoms with Crippen LogP contribution in [0.15, 0.2) is 340 Å². The van der Waals surface area contributed by atoms with Crippen molar-refractivity contribution < 1.29 is 0 Å². The third kappa shape index (κ3) is 8.85. The van der Waals surface area contributed by atoms with Crippen molar-refractivity contribution in [2.75, 3.05) is 0 Å². The Morgan fingerprint density at radius 1 is 0.125 bits per heavy atom. The second-order valence-corrected chi connectivity index (χ2v) is 23.0. The molecule has 7 heterocycles. The Morgan fingerprint density at radius 2 is 0.307 bits per heavy atom. The summed E-state index contributed by atoms with van der Waals surface area (Å²) >= 11 is 0. The van der Waals surface area contributed by atoms with Gasteiger partial charge in [-0.1, -0.05) is 218 Å². The molecule has 14 bridgehead atoms. The van der Waals surface area contributed by atoms with Crippen molar-refractivity contribution in [2.45, 2.75) is 0 Å². The molecule has 0 amide bonds. The SMILES string of the molecule is c1ccc2c(-n3c4ccc(cc4)c4ccc(cc4)n(-c4cccc5ccccc45)c4ccc5ccc(cc5c4)n(-c4cccc5ccccc45)c4ccc(cc4)c4ccc(cc4)n(-c4cccc5ccccc45)c4ccc5ccc3cc5c4)cccc2c1. The van der Waals surface area contributed by atoms with Crippen molar-refractivity contribution in [3.63, 3.8) is 0 Å². The second-order valence-electron chi connectivity index (χ2n) is 23.0. The third-order valence-electron chi connectivity index (χ3n) is 17.8. The van der Waals surface area contributed by atoms with Gasteiger partial charge in [0.15, 0.2) is 0 Å². The average Bonchev–Trinajstić information content (AvgIpc) is 1.81. The highest BCUT2D eigenvalue weighted by Gasteiger charge is 2.13. The van der Waals surface area contributed by atoms with Crippen molar-refractivity contribution in [3.05, 3.63) is 340 Å². The summed E-state index contributed by atoms with van der Waals surface area (Å²) in [6.45, 7) is 0. The quantitative estimate of drug-likeness (QED) is 0.167. The first-order valence-corrected chi connectivity index (χ1v) is 30.2. The Labute approximate surface area is 508 Å². The van der Waals surface area contributed by atoms with E-state index in [9.17, 15) is 0 Å². The van der Waals surface area contributed by atoms with E-state index in [-0.39, 0.29) is 0 Å². The normalized spacial score (nSPS) is 11.6. The summed E-state index contributed by atoms with van der Waals surface area (Å²) in [7, 11) is 0. The lowest BCUT2D eigenvalue weighted by Crippen LogP contribution is -1.99. The van der Waals surface area contributed by atoms with Crippen LogP contribution in [0.4, 0.5) is 0 Å². The zero-order valence-electron chi connectivity index (χ0n) is 48.1. The van der Waals surface area contributed by atoms with Crippen LogP contribution in [-0.2, 0) is 0 Å². The maximum Gasteiger partial charge on any atom is 0.0540 e. The van der Waals surface area contributed by atoms with E-state index >= 15 is 0 Å². The third-order valence-corrected chi connectivity index (χ3v) is 17.8. The molecule has 0 unspecified atom stereocenters. The van der Waals surface area contributed by atoms with Gasteiger partial charge in [0.2, 0.25) is 0 Å². The van der Waals surface area contributed by atoms with Crippen LogP contribution in [0.25, 0.3) is 153 Å². The number of hydrogen-bond acceptors (Lipinski definition) is 0. The van der Waals surface area contributed by atoms with Crippen LogP contribution in [0, 0.1) is 0 Å². The Morgan fingerprint density at radius 3 is 0.534 bits per heavy atom. The van der Waals surface area contributed by atoms with E-state index < -0.39 is 0 Å². The van der Waals surface area contributed by atoms with Gasteiger partial charge in [-0.25, -0.2) is 0 Å². The monoisotopic (exact) mass is 1120 g/mol. The topological polar surface area (TPSA) is 19.7 Å². The van der Waals surface area contributed by atoms with Crippen LogP contribution in [0.3, 0.4) is 0 Å². The molecule has 0 atom stereocenters. The highest BCUT2D eigenvalue weighted by Crippen LogP contribution is 2.34. The molecule has 0 aliphatic rings. The molecular weight excluding hydrogens is 1060 g/mol. The van der Waals surface area contributed by atoms with Crippen LogP contribution in [0.1, 0.15) is 0 Å². The molecule has 23 aromatic rings. The fraction of sp³-hybridized carbons (Fsp3) is 0. The van der Waals surface area contributed by atoms with Gasteiger partial charge in [-0.15, -0.1) is 0 Å². The molecule has 7 aromatic heterocycles. The van der Waals surface area contributed by atoms with E-state index in [4.69, 9.17) is 0 Å². The molecule has 23 rings (SSSR count). The molecule has 0 spiro atoms. The molecule has 0 N–H and O–H groups in total. The first-order valence-electron chi connectivity index (χ1n) is 30.2. The van der Waals surface area contributed by atoms with Gasteiger partial charge >= 0.3 is 0 Å². The van der Waals surface area contributed by atoms with Gasteiger partial charge < -0.3 is 18.3 Å². The molecule has 0 radical (unpaired) electrons. The zero-order valence-corrected chi connectivity index (χ0v) is 48.1. The van der Waals surface area contributed by atoms with Crippen molar-refractivity contribution in [1.29, 1.82) is 0 Å². The first kappa shape index (κ1) is 50.8. The number of benzene rings is 16.